The topological polar surface area (TPSA) is 45.4 Å². The minimum absolute atomic E-state index is 0.152. The molecule has 2 aromatic heterocycles. The van der Waals surface area contributed by atoms with Crippen LogP contribution in [0, 0.1) is 6.92 Å². The molecule has 2 heterocycles. The minimum Gasteiger partial charge on any atom is -0.465 e. The number of thiophene rings is 1. The van der Waals surface area contributed by atoms with E-state index >= 15 is 0 Å². The van der Waals surface area contributed by atoms with Crippen molar-refractivity contribution in [3.63, 3.8) is 0 Å². The van der Waals surface area contributed by atoms with Gasteiger partial charge >= 0.3 is 0 Å². The van der Waals surface area contributed by atoms with Crippen molar-refractivity contribution >= 4 is 11.3 Å². The second-order valence-corrected chi connectivity index (χ2v) is 5.98. The zero-order valence-corrected chi connectivity index (χ0v) is 12.4. The second-order valence-electron chi connectivity index (χ2n) is 5.00. The van der Waals surface area contributed by atoms with Crippen molar-refractivity contribution in [1.82, 2.24) is 5.32 Å². The Morgan fingerprint density at radius 1 is 1.32 bits per heavy atom. The SMILES string of the molecule is Cc1ccc([C@H](C)N[C@H](C)C[C@H](O)c2cccs2)o1. The summed E-state index contributed by atoms with van der Waals surface area (Å²) in [6.07, 6.45) is 0.304. The van der Waals surface area contributed by atoms with Crippen LogP contribution in [-0.2, 0) is 0 Å². The first-order chi connectivity index (χ1) is 9.06. The van der Waals surface area contributed by atoms with Crippen LogP contribution in [0.4, 0.5) is 0 Å². The Balaban J connectivity index is 1.85. The molecular formula is C15H21NO2S. The maximum absolute atomic E-state index is 10.1. The van der Waals surface area contributed by atoms with Crippen LogP contribution in [0.2, 0.25) is 0 Å². The summed E-state index contributed by atoms with van der Waals surface area (Å²) in [5, 5.41) is 15.6. The molecule has 0 aromatic carbocycles. The third-order valence-electron chi connectivity index (χ3n) is 3.17. The van der Waals surface area contributed by atoms with Crippen LogP contribution < -0.4 is 5.32 Å². The smallest absolute Gasteiger partial charge is 0.120 e. The summed E-state index contributed by atoms with van der Waals surface area (Å²) in [6, 6.07) is 8.28. The van der Waals surface area contributed by atoms with Gasteiger partial charge in [0.25, 0.3) is 0 Å². The van der Waals surface area contributed by atoms with Gasteiger partial charge in [-0.05, 0) is 50.8 Å². The molecule has 2 rings (SSSR count). The van der Waals surface area contributed by atoms with E-state index in [1.807, 2.05) is 36.6 Å². The van der Waals surface area contributed by atoms with Gasteiger partial charge in [-0.3, -0.25) is 0 Å². The van der Waals surface area contributed by atoms with Gasteiger partial charge in [0.2, 0.25) is 0 Å². The number of furan rings is 1. The molecule has 104 valence electrons. The van der Waals surface area contributed by atoms with E-state index in [4.69, 9.17) is 4.42 Å². The Morgan fingerprint density at radius 2 is 2.11 bits per heavy atom. The lowest BCUT2D eigenvalue weighted by molar-refractivity contribution is 0.154. The van der Waals surface area contributed by atoms with Crippen LogP contribution in [0.1, 0.15) is 48.8 Å². The molecule has 0 fully saturated rings. The van der Waals surface area contributed by atoms with Crippen molar-refractivity contribution in [3.8, 4) is 0 Å². The molecule has 0 aliphatic carbocycles. The van der Waals surface area contributed by atoms with Gasteiger partial charge in [0.05, 0.1) is 12.1 Å². The lowest BCUT2D eigenvalue weighted by Gasteiger charge is -2.20. The van der Waals surface area contributed by atoms with Gasteiger partial charge in [0, 0.05) is 10.9 Å². The third kappa shape index (κ3) is 3.93. The van der Waals surface area contributed by atoms with Crippen LogP contribution in [-0.4, -0.2) is 11.1 Å². The number of hydrogen-bond donors (Lipinski definition) is 2. The third-order valence-corrected chi connectivity index (χ3v) is 4.14. The van der Waals surface area contributed by atoms with Gasteiger partial charge in [0.1, 0.15) is 11.5 Å². The van der Waals surface area contributed by atoms with E-state index < -0.39 is 6.10 Å². The largest absolute Gasteiger partial charge is 0.465 e. The molecule has 2 aromatic rings. The van der Waals surface area contributed by atoms with E-state index in [2.05, 4.69) is 19.2 Å². The highest BCUT2D eigenvalue weighted by Crippen LogP contribution is 2.24. The van der Waals surface area contributed by atoms with Gasteiger partial charge in [-0.25, -0.2) is 0 Å². The molecule has 0 saturated carbocycles. The number of nitrogens with one attached hydrogen (secondary N) is 1. The molecule has 0 amide bonds. The lowest BCUT2D eigenvalue weighted by Crippen LogP contribution is -2.30. The van der Waals surface area contributed by atoms with Crippen LogP contribution >= 0.6 is 11.3 Å². The van der Waals surface area contributed by atoms with Crippen molar-refractivity contribution in [2.75, 3.05) is 0 Å². The minimum atomic E-state index is -0.395. The van der Waals surface area contributed by atoms with Crippen LogP contribution in [0.25, 0.3) is 0 Å². The van der Waals surface area contributed by atoms with Gasteiger partial charge in [-0.15, -0.1) is 11.3 Å². The summed E-state index contributed by atoms with van der Waals surface area (Å²) in [4.78, 5) is 1.02. The normalized spacial score (nSPS) is 16.2. The van der Waals surface area contributed by atoms with E-state index in [0.29, 0.717) is 6.42 Å². The predicted octanol–water partition coefficient (Wildman–Crippen LogP) is 3.81. The summed E-state index contributed by atoms with van der Waals surface area (Å²) in [5.41, 5.74) is 0. The van der Waals surface area contributed by atoms with Crippen LogP contribution in [0.3, 0.4) is 0 Å². The Hall–Kier alpha value is -1.10. The molecule has 19 heavy (non-hydrogen) atoms. The summed E-state index contributed by atoms with van der Waals surface area (Å²) in [7, 11) is 0. The number of aliphatic hydroxyl groups excluding tert-OH is 1. The highest BCUT2D eigenvalue weighted by Gasteiger charge is 2.17. The zero-order valence-electron chi connectivity index (χ0n) is 11.6. The van der Waals surface area contributed by atoms with E-state index in [9.17, 15) is 5.11 Å². The maximum atomic E-state index is 10.1. The molecule has 0 radical (unpaired) electrons. The fraction of sp³-hybridized carbons (Fsp3) is 0.467. The van der Waals surface area contributed by atoms with Gasteiger partial charge in [-0.1, -0.05) is 6.07 Å². The fourth-order valence-corrected chi connectivity index (χ4v) is 2.92. The molecule has 0 aliphatic rings. The number of hydrogen-bond acceptors (Lipinski definition) is 4. The fourth-order valence-electron chi connectivity index (χ4n) is 2.20. The number of rotatable bonds is 6. The van der Waals surface area contributed by atoms with Gasteiger partial charge in [-0.2, -0.15) is 0 Å². The first kappa shape index (κ1) is 14.3. The van der Waals surface area contributed by atoms with Crippen molar-refractivity contribution in [2.45, 2.75) is 45.4 Å². The first-order valence-corrected chi connectivity index (χ1v) is 7.48. The molecule has 3 nitrogen and oxygen atoms in total. The standard InChI is InChI=1S/C15H21NO2S/c1-10(9-13(17)15-5-4-8-19-15)16-12(3)14-7-6-11(2)18-14/h4-8,10,12-13,16-17H,9H2,1-3H3/t10-,12+,13+/m1/s1. The summed E-state index contributed by atoms with van der Waals surface area (Å²) in [5.74, 6) is 1.87. The second kappa shape index (κ2) is 6.37. The summed E-state index contributed by atoms with van der Waals surface area (Å²) < 4.78 is 5.60. The van der Waals surface area contributed by atoms with E-state index in [1.165, 1.54) is 0 Å². The number of aryl methyl sites for hydroxylation is 1. The first-order valence-electron chi connectivity index (χ1n) is 6.60. The Bertz CT molecular complexity index is 492. The number of aliphatic hydroxyl groups is 1. The Kier molecular flexibility index (Phi) is 4.80. The predicted molar refractivity (Wildman–Crippen MR) is 78.4 cm³/mol. The molecule has 4 heteroatoms. The average Bonchev–Trinajstić information content (AvgIpc) is 2.98. The average molecular weight is 279 g/mol. The van der Waals surface area contributed by atoms with Crippen molar-refractivity contribution in [3.05, 3.63) is 46.0 Å². The van der Waals surface area contributed by atoms with Crippen LogP contribution in [0.5, 0.6) is 0 Å². The van der Waals surface area contributed by atoms with E-state index in [0.717, 1.165) is 16.4 Å². The quantitative estimate of drug-likeness (QED) is 0.845. The van der Waals surface area contributed by atoms with E-state index in [-0.39, 0.29) is 12.1 Å². The molecule has 3 atom stereocenters. The summed E-state index contributed by atoms with van der Waals surface area (Å²) in [6.45, 7) is 6.11. The lowest BCUT2D eigenvalue weighted by atomic mass is 10.1. The molecular weight excluding hydrogens is 258 g/mol. The van der Waals surface area contributed by atoms with Gasteiger partial charge < -0.3 is 14.8 Å². The van der Waals surface area contributed by atoms with E-state index in [1.54, 1.807) is 11.3 Å². The molecule has 0 unspecified atom stereocenters. The van der Waals surface area contributed by atoms with Crippen molar-refractivity contribution in [1.29, 1.82) is 0 Å². The highest BCUT2D eigenvalue weighted by molar-refractivity contribution is 7.10. The monoisotopic (exact) mass is 279 g/mol. The van der Waals surface area contributed by atoms with Crippen molar-refractivity contribution < 1.29 is 9.52 Å². The zero-order chi connectivity index (χ0) is 13.8. The molecule has 0 bridgehead atoms. The Labute approximate surface area is 118 Å². The highest BCUT2D eigenvalue weighted by atomic mass is 32.1. The maximum Gasteiger partial charge on any atom is 0.120 e. The molecule has 2 N–H and O–H groups in total. The molecule has 0 aliphatic heterocycles. The van der Waals surface area contributed by atoms with Crippen molar-refractivity contribution in [2.24, 2.45) is 0 Å². The van der Waals surface area contributed by atoms with Crippen LogP contribution in [0.15, 0.2) is 34.1 Å². The molecule has 0 saturated heterocycles. The Morgan fingerprint density at radius 3 is 2.68 bits per heavy atom. The van der Waals surface area contributed by atoms with Gasteiger partial charge in [0.15, 0.2) is 0 Å². The molecule has 0 spiro atoms. The summed E-state index contributed by atoms with van der Waals surface area (Å²) >= 11 is 1.60.